The van der Waals surface area contributed by atoms with E-state index in [2.05, 4.69) is 92.7 Å². The molecule has 0 aliphatic rings. The lowest BCUT2D eigenvalue weighted by atomic mass is 10.1. The normalized spacial score (nSPS) is 12.1. The Labute approximate surface area is 147 Å². The molecule has 0 aliphatic heterocycles. The smallest absolute Gasteiger partial charge is 0.0134 e. The van der Waals surface area contributed by atoms with Gasteiger partial charge in [0, 0.05) is 0 Å². The molecule has 0 amide bonds. The van der Waals surface area contributed by atoms with Gasteiger partial charge >= 0.3 is 0 Å². The second-order valence-corrected chi connectivity index (χ2v) is 8.50. The first-order chi connectivity index (χ1) is 11.8. The Kier molecular flexibility index (Phi) is 5.83. The Morgan fingerprint density at radius 1 is 0.667 bits per heavy atom. The van der Waals surface area contributed by atoms with Crippen molar-refractivity contribution in [2.45, 2.75) is 33.1 Å². The van der Waals surface area contributed by atoms with Crippen molar-refractivity contribution >= 4 is 23.8 Å². The molecule has 122 valence electrons. The van der Waals surface area contributed by atoms with E-state index in [0.29, 0.717) is 0 Å². The van der Waals surface area contributed by atoms with Gasteiger partial charge in [0.15, 0.2) is 0 Å². The van der Waals surface area contributed by atoms with Gasteiger partial charge in [-0.05, 0) is 49.2 Å². The number of hydrogen-bond acceptors (Lipinski definition) is 0. The van der Waals surface area contributed by atoms with E-state index in [-0.39, 0.29) is 0 Å². The lowest BCUT2D eigenvalue weighted by Crippen LogP contribution is -2.20. The van der Waals surface area contributed by atoms with Crippen molar-refractivity contribution in [2.75, 3.05) is 0 Å². The van der Waals surface area contributed by atoms with E-state index < -0.39 is 7.92 Å². The van der Waals surface area contributed by atoms with E-state index in [1.807, 2.05) is 0 Å². The summed E-state index contributed by atoms with van der Waals surface area (Å²) < 4.78 is 0. The molecule has 0 bridgehead atoms. The van der Waals surface area contributed by atoms with Crippen molar-refractivity contribution in [3.63, 3.8) is 0 Å². The Hall–Kier alpha value is -1.91. The summed E-state index contributed by atoms with van der Waals surface area (Å²) in [6, 6.07) is 29.3. The molecule has 0 saturated carbocycles. The van der Waals surface area contributed by atoms with Crippen LogP contribution < -0.4 is 15.9 Å². The molecule has 0 aliphatic carbocycles. The molecule has 0 aromatic heterocycles. The zero-order valence-electron chi connectivity index (χ0n) is 14.6. The topological polar surface area (TPSA) is 0 Å². The SMILES string of the molecule is CCCCc1ccc(P(c2ccccc2)c2ccc(C)cc2)cc1. The summed E-state index contributed by atoms with van der Waals surface area (Å²) in [5.74, 6) is 0. The minimum atomic E-state index is -0.484. The van der Waals surface area contributed by atoms with Crippen LogP contribution in [0.15, 0.2) is 78.9 Å². The predicted molar refractivity (Wildman–Crippen MR) is 108 cm³/mol. The minimum absolute atomic E-state index is 0.484. The van der Waals surface area contributed by atoms with Gasteiger partial charge in [0.1, 0.15) is 0 Å². The molecule has 3 aromatic rings. The van der Waals surface area contributed by atoms with Crippen LogP contribution in [0.3, 0.4) is 0 Å². The molecule has 0 fully saturated rings. The second kappa shape index (κ2) is 8.27. The van der Waals surface area contributed by atoms with Crippen molar-refractivity contribution < 1.29 is 0 Å². The van der Waals surface area contributed by atoms with E-state index >= 15 is 0 Å². The van der Waals surface area contributed by atoms with Gasteiger partial charge in [-0.25, -0.2) is 0 Å². The summed E-state index contributed by atoms with van der Waals surface area (Å²) in [5.41, 5.74) is 2.77. The Morgan fingerprint density at radius 3 is 1.79 bits per heavy atom. The third-order valence-electron chi connectivity index (χ3n) is 4.32. The third-order valence-corrected chi connectivity index (χ3v) is 6.76. The lowest BCUT2D eigenvalue weighted by Gasteiger charge is -2.20. The third kappa shape index (κ3) is 4.13. The maximum Gasteiger partial charge on any atom is -0.0134 e. The highest BCUT2D eigenvalue weighted by atomic mass is 31.1. The van der Waals surface area contributed by atoms with Gasteiger partial charge in [0.2, 0.25) is 0 Å². The van der Waals surface area contributed by atoms with Crippen LogP contribution in [0, 0.1) is 6.92 Å². The van der Waals surface area contributed by atoms with Crippen molar-refractivity contribution in [3.8, 4) is 0 Å². The van der Waals surface area contributed by atoms with E-state index in [4.69, 9.17) is 0 Å². The number of hydrogen-bond donors (Lipinski definition) is 0. The summed E-state index contributed by atoms with van der Waals surface area (Å²) >= 11 is 0. The highest BCUT2D eigenvalue weighted by molar-refractivity contribution is 7.79. The van der Waals surface area contributed by atoms with E-state index in [9.17, 15) is 0 Å². The molecule has 3 aromatic carbocycles. The molecule has 24 heavy (non-hydrogen) atoms. The van der Waals surface area contributed by atoms with Crippen LogP contribution in [0.4, 0.5) is 0 Å². The summed E-state index contributed by atoms with van der Waals surface area (Å²) in [6.07, 6.45) is 3.71. The van der Waals surface area contributed by atoms with E-state index in [1.165, 1.54) is 46.3 Å². The number of unbranched alkanes of at least 4 members (excludes halogenated alkanes) is 1. The maximum absolute atomic E-state index is 2.34. The average molecular weight is 332 g/mol. The van der Waals surface area contributed by atoms with Gasteiger partial charge in [-0.1, -0.05) is 97.8 Å². The van der Waals surface area contributed by atoms with Gasteiger partial charge in [0.05, 0.1) is 0 Å². The molecular weight excluding hydrogens is 307 g/mol. The van der Waals surface area contributed by atoms with Crippen LogP contribution in [-0.4, -0.2) is 0 Å². The molecule has 3 rings (SSSR count). The van der Waals surface area contributed by atoms with Crippen LogP contribution in [0.25, 0.3) is 0 Å². The quantitative estimate of drug-likeness (QED) is 0.551. The van der Waals surface area contributed by atoms with Crippen molar-refractivity contribution in [2.24, 2.45) is 0 Å². The van der Waals surface area contributed by atoms with E-state index in [1.54, 1.807) is 0 Å². The fraction of sp³-hybridized carbons (Fsp3) is 0.217. The summed E-state index contributed by atoms with van der Waals surface area (Å²) in [7, 11) is -0.484. The predicted octanol–water partition coefficient (Wildman–Crippen LogP) is 5.10. The van der Waals surface area contributed by atoms with Gasteiger partial charge in [-0.2, -0.15) is 0 Å². The summed E-state index contributed by atoms with van der Waals surface area (Å²) in [4.78, 5) is 0. The number of benzene rings is 3. The van der Waals surface area contributed by atoms with Crippen LogP contribution in [0.5, 0.6) is 0 Å². The van der Waals surface area contributed by atoms with Crippen LogP contribution in [0.1, 0.15) is 30.9 Å². The zero-order valence-corrected chi connectivity index (χ0v) is 15.5. The molecular formula is C23H25P. The first-order valence-electron chi connectivity index (χ1n) is 8.78. The van der Waals surface area contributed by atoms with Crippen molar-refractivity contribution in [3.05, 3.63) is 90.0 Å². The molecule has 1 unspecified atom stereocenters. The number of rotatable bonds is 6. The van der Waals surface area contributed by atoms with E-state index in [0.717, 1.165) is 0 Å². The second-order valence-electron chi connectivity index (χ2n) is 6.28. The molecule has 1 heteroatoms. The molecule has 1 atom stereocenters. The molecule has 0 nitrogen and oxygen atoms in total. The van der Waals surface area contributed by atoms with Gasteiger partial charge in [-0.3, -0.25) is 0 Å². The summed E-state index contributed by atoms with van der Waals surface area (Å²) in [5, 5.41) is 4.26. The molecule has 0 spiro atoms. The van der Waals surface area contributed by atoms with Crippen LogP contribution in [0.2, 0.25) is 0 Å². The Bertz CT molecular complexity index is 742. The largest absolute Gasteiger partial charge is 0.0654 e. The van der Waals surface area contributed by atoms with Crippen LogP contribution >= 0.6 is 7.92 Å². The first kappa shape index (κ1) is 16.9. The molecule has 0 heterocycles. The Morgan fingerprint density at radius 2 is 1.21 bits per heavy atom. The maximum atomic E-state index is 2.34. The monoisotopic (exact) mass is 332 g/mol. The minimum Gasteiger partial charge on any atom is -0.0654 e. The Balaban J connectivity index is 1.97. The first-order valence-corrected chi connectivity index (χ1v) is 10.1. The lowest BCUT2D eigenvalue weighted by molar-refractivity contribution is 0.795. The molecule has 0 saturated heterocycles. The zero-order chi connectivity index (χ0) is 16.8. The van der Waals surface area contributed by atoms with Crippen molar-refractivity contribution in [1.82, 2.24) is 0 Å². The number of aryl methyl sites for hydroxylation is 2. The summed E-state index contributed by atoms with van der Waals surface area (Å²) in [6.45, 7) is 4.40. The average Bonchev–Trinajstić information content (AvgIpc) is 2.64. The fourth-order valence-corrected chi connectivity index (χ4v) is 5.17. The molecule has 0 radical (unpaired) electrons. The standard InChI is InChI=1S/C23H25P/c1-3-4-8-20-13-17-23(18-14-20)24(21-9-6-5-7-10-21)22-15-11-19(2)12-16-22/h5-7,9-18H,3-4,8H2,1-2H3. The molecule has 0 N–H and O–H groups in total. The highest BCUT2D eigenvalue weighted by Crippen LogP contribution is 2.32. The van der Waals surface area contributed by atoms with Gasteiger partial charge < -0.3 is 0 Å². The van der Waals surface area contributed by atoms with Gasteiger partial charge in [-0.15, -0.1) is 0 Å². The van der Waals surface area contributed by atoms with Crippen LogP contribution in [-0.2, 0) is 6.42 Å². The highest BCUT2D eigenvalue weighted by Gasteiger charge is 2.15. The van der Waals surface area contributed by atoms with Crippen molar-refractivity contribution in [1.29, 1.82) is 0 Å². The van der Waals surface area contributed by atoms with Gasteiger partial charge in [0.25, 0.3) is 0 Å². The fourth-order valence-electron chi connectivity index (χ4n) is 2.91.